The molecule has 0 heterocycles. The predicted octanol–water partition coefficient (Wildman–Crippen LogP) is -3.12. The van der Waals surface area contributed by atoms with Crippen LogP contribution in [-0.4, -0.2) is 58.3 Å². The molecule has 13 heavy (non-hydrogen) atoms. The van der Waals surface area contributed by atoms with Gasteiger partial charge in [0.15, 0.2) is 0 Å². The van der Waals surface area contributed by atoms with E-state index >= 15 is 0 Å². The molecule has 6 N–H and O–H groups in total. The van der Waals surface area contributed by atoms with E-state index in [1.807, 2.05) is 0 Å². The highest BCUT2D eigenvalue weighted by molar-refractivity contribution is 5.68. The van der Waals surface area contributed by atoms with Crippen LogP contribution in [-0.2, 0) is 4.79 Å². The van der Waals surface area contributed by atoms with E-state index in [2.05, 4.69) is 10.9 Å². The summed E-state index contributed by atoms with van der Waals surface area (Å²) < 4.78 is 0. The van der Waals surface area contributed by atoms with Crippen LogP contribution in [0.25, 0.3) is 0 Å². The minimum Gasteiger partial charge on any atom is -0.480 e. The summed E-state index contributed by atoms with van der Waals surface area (Å²) in [7, 11) is 0. The fourth-order valence-corrected chi connectivity index (χ4v) is 0.576. The number of nitrogens with one attached hydrogen (secondary N) is 2. The van der Waals surface area contributed by atoms with Gasteiger partial charge < -0.3 is 20.4 Å². The number of aliphatic hydroxyl groups is 3. The van der Waals surface area contributed by atoms with Crippen LogP contribution in [0.2, 0.25) is 0 Å². The van der Waals surface area contributed by atoms with Gasteiger partial charge in [-0.2, -0.15) is 0 Å². The Balaban J connectivity index is 3.88. The van der Waals surface area contributed by atoms with Gasteiger partial charge in [-0.3, -0.25) is 4.79 Å². The minimum absolute atomic E-state index is 0.373. The Morgan fingerprint density at radius 1 is 1.15 bits per heavy atom. The molecule has 7 nitrogen and oxygen atoms in total. The van der Waals surface area contributed by atoms with Crippen molar-refractivity contribution in [1.82, 2.24) is 10.9 Å². The molecule has 0 atom stereocenters. The van der Waals surface area contributed by atoms with Crippen molar-refractivity contribution in [3.8, 4) is 0 Å². The Hall–Kier alpha value is -0.730. The molecule has 0 aromatic heterocycles. The van der Waals surface area contributed by atoms with E-state index in [1.165, 1.54) is 0 Å². The summed E-state index contributed by atoms with van der Waals surface area (Å²) >= 11 is 0. The van der Waals surface area contributed by atoms with E-state index in [1.54, 1.807) is 0 Å². The molecule has 78 valence electrons. The summed E-state index contributed by atoms with van der Waals surface area (Å²) in [6.07, 6.45) is 0. The largest absolute Gasteiger partial charge is 0.480 e. The zero-order valence-electron chi connectivity index (χ0n) is 7.03. The van der Waals surface area contributed by atoms with E-state index in [-0.39, 0.29) is 6.54 Å². The molecular formula is C6H14N2O5. The number of carboxylic acids is 1. The number of hydrazine groups is 1. The highest BCUT2D eigenvalue weighted by atomic mass is 16.4. The van der Waals surface area contributed by atoms with Crippen LogP contribution in [0.3, 0.4) is 0 Å². The van der Waals surface area contributed by atoms with Crippen LogP contribution in [0.15, 0.2) is 0 Å². The molecule has 0 rings (SSSR count). The second kappa shape index (κ2) is 5.84. The van der Waals surface area contributed by atoms with E-state index < -0.39 is 31.3 Å². The van der Waals surface area contributed by atoms with Crippen molar-refractivity contribution in [1.29, 1.82) is 0 Å². The van der Waals surface area contributed by atoms with Crippen molar-refractivity contribution >= 4 is 5.97 Å². The molecule has 0 saturated carbocycles. The lowest BCUT2D eigenvalue weighted by atomic mass is 10.1. The molecule has 7 heteroatoms. The number of hydrogen-bond acceptors (Lipinski definition) is 6. The molecule has 0 saturated heterocycles. The van der Waals surface area contributed by atoms with Crippen molar-refractivity contribution in [3.05, 3.63) is 0 Å². The third kappa shape index (κ3) is 4.15. The first-order valence-electron chi connectivity index (χ1n) is 3.64. The summed E-state index contributed by atoms with van der Waals surface area (Å²) in [4.78, 5) is 10.1. The van der Waals surface area contributed by atoms with Crippen molar-refractivity contribution in [2.75, 3.05) is 26.4 Å². The third-order valence-corrected chi connectivity index (χ3v) is 1.50. The maximum atomic E-state index is 10.1. The Labute approximate surface area is 75.0 Å². The second-order valence-electron chi connectivity index (χ2n) is 2.63. The molecule has 0 spiro atoms. The van der Waals surface area contributed by atoms with E-state index in [9.17, 15) is 4.79 Å². The van der Waals surface area contributed by atoms with Gasteiger partial charge >= 0.3 is 5.97 Å². The maximum Gasteiger partial charge on any atom is 0.318 e. The summed E-state index contributed by atoms with van der Waals surface area (Å²) in [6, 6.07) is 0. The lowest BCUT2D eigenvalue weighted by Gasteiger charge is -2.28. The number of carbonyl (C=O) groups is 1. The first kappa shape index (κ1) is 12.3. The monoisotopic (exact) mass is 194 g/mol. The summed E-state index contributed by atoms with van der Waals surface area (Å²) in [5.41, 5.74) is 3.29. The van der Waals surface area contributed by atoms with Gasteiger partial charge in [-0.25, -0.2) is 10.9 Å². The average Bonchev–Trinajstić information content (AvgIpc) is 2.13. The highest BCUT2D eigenvalue weighted by Gasteiger charge is 2.27. The standard InChI is InChI=1S/C6H14N2O5/c9-2-6(3-10,4-11)8-7-1-5(12)13/h7-11H,1-4H2,(H,12,13). The molecule has 0 unspecified atom stereocenters. The topological polar surface area (TPSA) is 122 Å². The molecule has 0 amide bonds. The van der Waals surface area contributed by atoms with Gasteiger partial charge in [0, 0.05) is 0 Å². The number of carboxylic acid groups (broad SMARTS) is 1. The summed E-state index contributed by atoms with van der Waals surface area (Å²) in [5, 5.41) is 34.6. The van der Waals surface area contributed by atoms with Crippen molar-refractivity contribution in [2.45, 2.75) is 5.54 Å². The molecule has 0 aromatic carbocycles. The van der Waals surface area contributed by atoms with Crippen molar-refractivity contribution in [2.24, 2.45) is 0 Å². The van der Waals surface area contributed by atoms with Gasteiger partial charge in [0.2, 0.25) is 0 Å². The van der Waals surface area contributed by atoms with Gasteiger partial charge in [0.05, 0.1) is 19.8 Å². The van der Waals surface area contributed by atoms with E-state index in [4.69, 9.17) is 20.4 Å². The number of rotatable bonds is 7. The van der Waals surface area contributed by atoms with Crippen LogP contribution < -0.4 is 10.9 Å². The lowest BCUT2D eigenvalue weighted by molar-refractivity contribution is -0.136. The fourth-order valence-electron chi connectivity index (χ4n) is 0.576. The number of aliphatic hydroxyl groups excluding tert-OH is 3. The first-order valence-corrected chi connectivity index (χ1v) is 3.64. The van der Waals surface area contributed by atoms with Crippen LogP contribution in [0, 0.1) is 0 Å². The Bertz CT molecular complexity index is 151. The maximum absolute atomic E-state index is 10.1. The summed E-state index contributed by atoms with van der Waals surface area (Å²) in [5.74, 6) is -1.09. The second-order valence-corrected chi connectivity index (χ2v) is 2.63. The Morgan fingerprint density at radius 3 is 1.92 bits per heavy atom. The smallest absolute Gasteiger partial charge is 0.318 e. The fraction of sp³-hybridized carbons (Fsp3) is 0.833. The molecule has 0 aromatic rings. The Kier molecular flexibility index (Phi) is 5.51. The predicted molar refractivity (Wildman–Crippen MR) is 42.8 cm³/mol. The molecular weight excluding hydrogens is 180 g/mol. The number of aliphatic carboxylic acids is 1. The Morgan fingerprint density at radius 2 is 1.62 bits per heavy atom. The van der Waals surface area contributed by atoms with Gasteiger partial charge in [0.25, 0.3) is 0 Å². The SMILES string of the molecule is O=C(O)CNNC(CO)(CO)CO. The van der Waals surface area contributed by atoms with Crippen LogP contribution in [0.1, 0.15) is 0 Å². The van der Waals surface area contributed by atoms with Crippen LogP contribution >= 0.6 is 0 Å². The molecule has 0 aliphatic heterocycles. The zero-order chi connectivity index (χ0) is 10.3. The minimum atomic E-state index is -1.30. The summed E-state index contributed by atoms with van der Waals surface area (Å²) in [6.45, 7) is -1.90. The molecule has 0 aliphatic rings. The zero-order valence-corrected chi connectivity index (χ0v) is 7.03. The number of hydrogen-bond donors (Lipinski definition) is 6. The molecule has 0 aliphatic carbocycles. The van der Waals surface area contributed by atoms with Gasteiger partial charge in [-0.1, -0.05) is 0 Å². The van der Waals surface area contributed by atoms with E-state index in [0.29, 0.717) is 0 Å². The normalized spacial score (nSPS) is 11.6. The van der Waals surface area contributed by atoms with Crippen LogP contribution in [0.5, 0.6) is 0 Å². The lowest BCUT2D eigenvalue weighted by Crippen LogP contribution is -2.60. The van der Waals surface area contributed by atoms with Gasteiger partial charge in [-0.15, -0.1) is 0 Å². The quantitative estimate of drug-likeness (QED) is 0.237. The third-order valence-electron chi connectivity index (χ3n) is 1.50. The van der Waals surface area contributed by atoms with Gasteiger partial charge in [-0.05, 0) is 0 Å². The van der Waals surface area contributed by atoms with Gasteiger partial charge in [0.1, 0.15) is 12.1 Å². The highest BCUT2D eigenvalue weighted by Crippen LogP contribution is 1.98. The molecule has 0 bridgehead atoms. The van der Waals surface area contributed by atoms with E-state index in [0.717, 1.165) is 0 Å². The van der Waals surface area contributed by atoms with Crippen molar-refractivity contribution < 1.29 is 25.2 Å². The average molecular weight is 194 g/mol. The molecule has 0 fully saturated rings. The van der Waals surface area contributed by atoms with Crippen LogP contribution in [0.4, 0.5) is 0 Å². The van der Waals surface area contributed by atoms with Crippen molar-refractivity contribution in [3.63, 3.8) is 0 Å². The first-order chi connectivity index (χ1) is 6.10. The molecule has 0 radical (unpaired) electrons.